The van der Waals surface area contributed by atoms with Crippen LogP contribution in [0.4, 0.5) is 5.95 Å². The van der Waals surface area contributed by atoms with Crippen molar-refractivity contribution in [3.63, 3.8) is 0 Å². The van der Waals surface area contributed by atoms with E-state index >= 15 is 0 Å². The number of hydrogen-bond acceptors (Lipinski definition) is 4. The van der Waals surface area contributed by atoms with E-state index in [0.717, 1.165) is 30.6 Å². The summed E-state index contributed by atoms with van der Waals surface area (Å²) in [5.41, 5.74) is 2.26. The van der Waals surface area contributed by atoms with Crippen LogP contribution in [0.2, 0.25) is 0 Å². The summed E-state index contributed by atoms with van der Waals surface area (Å²) in [4.78, 5) is 14.5. The molecule has 0 atom stereocenters. The summed E-state index contributed by atoms with van der Waals surface area (Å²) in [7, 11) is 0. The summed E-state index contributed by atoms with van der Waals surface area (Å²) >= 11 is 0. The van der Waals surface area contributed by atoms with Crippen LogP contribution in [0.1, 0.15) is 32.1 Å². The molecule has 28 heavy (non-hydrogen) atoms. The van der Waals surface area contributed by atoms with Crippen LogP contribution in [0.25, 0.3) is 21.9 Å². The van der Waals surface area contributed by atoms with Gasteiger partial charge in [-0.2, -0.15) is 0 Å². The molecule has 0 saturated carbocycles. The van der Waals surface area contributed by atoms with Crippen molar-refractivity contribution in [2.75, 3.05) is 31.1 Å². The molecule has 144 valence electrons. The molecule has 0 spiro atoms. The fourth-order valence-electron chi connectivity index (χ4n) is 4.72. The van der Waals surface area contributed by atoms with Gasteiger partial charge in [-0.05, 0) is 61.2 Å². The maximum Gasteiger partial charge on any atom is 0.225 e. The summed E-state index contributed by atoms with van der Waals surface area (Å²) in [6.07, 6.45) is 10.6. The third-order valence-corrected chi connectivity index (χ3v) is 6.38. The van der Waals surface area contributed by atoms with Gasteiger partial charge in [0.25, 0.3) is 0 Å². The standard InChI is InChI=1S/C24H28N4/c1-4-12-27(13-5-1)23-10-14-28(15-11-23)24-25-17-22(18-26-24)21-9-8-19-6-2-3-7-20(19)16-21/h2-3,6-9,16-18,23H,1,4-5,10-15H2. The summed E-state index contributed by atoms with van der Waals surface area (Å²) < 4.78 is 0. The van der Waals surface area contributed by atoms with Gasteiger partial charge in [0, 0.05) is 37.1 Å². The van der Waals surface area contributed by atoms with Gasteiger partial charge in [-0.25, -0.2) is 9.97 Å². The topological polar surface area (TPSA) is 32.3 Å². The molecule has 2 fully saturated rings. The molecular weight excluding hydrogens is 344 g/mol. The number of rotatable bonds is 3. The van der Waals surface area contributed by atoms with Gasteiger partial charge >= 0.3 is 0 Å². The number of anilines is 1. The summed E-state index contributed by atoms with van der Waals surface area (Å²) in [6.45, 7) is 4.72. The Bertz CT molecular complexity index is 923. The van der Waals surface area contributed by atoms with Gasteiger partial charge in [0.05, 0.1) is 0 Å². The lowest BCUT2D eigenvalue weighted by molar-refractivity contribution is 0.141. The van der Waals surface area contributed by atoms with Crippen LogP contribution in [0, 0.1) is 0 Å². The number of likely N-dealkylation sites (tertiary alicyclic amines) is 1. The molecule has 4 heteroatoms. The fraction of sp³-hybridized carbons (Fsp3) is 0.417. The highest BCUT2D eigenvalue weighted by Crippen LogP contribution is 2.26. The van der Waals surface area contributed by atoms with Crippen molar-refractivity contribution in [3.05, 3.63) is 54.9 Å². The SMILES string of the molecule is c1ccc2cc(-c3cnc(N4CCC(N5CCCCC5)CC4)nc3)ccc2c1. The summed E-state index contributed by atoms with van der Waals surface area (Å²) in [5.74, 6) is 0.877. The molecule has 0 unspecified atom stereocenters. The van der Waals surface area contributed by atoms with Gasteiger partial charge in [-0.1, -0.05) is 42.8 Å². The quantitative estimate of drug-likeness (QED) is 0.664. The van der Waals surface area contributed by atoms with E-state index in [2.05, 4.69) is 52.3 Å². The predicted molar refractivity (Wildman–Crippen MR) is 116 cm³/mol. The Balaban J connectivity index is 1.26. The van der Waals surface area contributed by atoms with Crippen molar-refractivity contribution in [2.24, 2.45) is 0 Å². The second kappa shape index (κ2) is 7.88. The largest absolute Gasteiger partial charge is 0.341 e. The zero-order valence-corrected chi connectivity index (χ0v) is 16.4. The third kappa shape index (κ3) is 3.61. The molecule has 0 radical (unpaired) electrons. The lowest BCUT2D eigenvalue weighted by Crippen LogP contribution is -2.47. The predicted octanol–water partition coefficient (Wildman–Crippen LogP) is 4.75. The first-order valence-electron chi connectivity index (χ1n) is 10.7. The molecular formula is C24H28N4. The van der Waals surface area contributed by atoms with E-state index in [-0.39, 0.29) is 0 Å². The maximum atomic E-state index is 4.70. The fourth-order valence-corrected chi connectivity index (χ4v) is 4.72. The number of piperidine rings is 2. The summed E-state index contributed by atoms with van der Waals surface area (Å²) in [5, 5.41) is 2.52. The molecule has 0 N–H and O–H groups in total. The van der Waals surface area contributed by atoms with Gasteiger partial charge in [0.1, 0.15) is 0 Å². The van der Waals surface area contributed by atoms with Crippen LogP contribution in [0.3, 0.4) is 0 Å². The van der Waals surface area contributed by atoms with Crippen molar-refractivity contribution in [1.29, 1.82) is 0 Å². The number of nitrogens with zero attached hydrogens (tertiary/aromatic N) is 4. The normalized spacial score (nSPS) is 19.2. The highest BCUT2D eigenvalue weighted by atomic mass is 15.3. The Morgan fingerprint density at radius 3 is 2.18 bits per heavy atom. The lowest BCUT2D eigenvalue weighted by atomic mass is 10.00. The average molecular weight is 373 g/mol. The van der Waals surface area contributed by atoms with Crippen molar-refractivity contribution in [3.8, 4) is 11.1 Å². The Kier molecular flexibility index (Phi) is 4.96. The number of benzene rings is 2. The second-order valence-electron chi connectivity index (χ2n) is 8.15. The smallest absolute Gasteiger partial charge is 0.225 e. The van der Waals surface area contributed by atoms with E-state index in [9.17, 15) is 0 Å². The number of aromatic nitrogens is 2. The molecule has 1 aromatic heterocycles. The molecule has 4 nitrogen and oxygen atoms in total. The van der Waals surface area contributed by atoms with E-state index in [0.29, 0.717) is 0 Å². The molecule has 2 aliphatic rings. The zero-order valence-electron chi connectivity index (χ0n) is 16.4. The van der Waals surface area contributed by atoms with Crippen LogP contribution in [-0.2, 0) is 0 Å². The minimum Gasteiger partial charge on any atom is -0.341 e. The van der Waals surface area contributed by atoms with Gasteiger partial charge < -0.3 is 9.80 Å². The third-order valence-electron chi connectivity index (χ3n) is 6.38. The molecule has 2 saturated heterocycles. The average Bonchev–Trinajstić information content (AvgIpc) is 2.80. The minimum absolute atomic E-state index is 0.758. The van der Waals surface area contributed by atoms with Crippen LogP contribution < -0.4 is 4.90 Å². The Morgan fingerprint density at radius 1 is 0.714 bits per heavy atom. The summed E-state index contributed by atoms with van der Waals surface area (Å²) in [6, 6.07) is 15.8. The van der Waals surface area contributed by atoms with Gasteiger partial charge in [-0.15, -0.1) is 0 Å². The van der Waals surface area contributed by atoms with Crippen molar-refractivity contribution in [1.82, 2.24) is 14.9 Å². The van der Waals surface area contributed by atoms with Crippen LogP contribution in [-0.4, -0.2) is 47.1 Å². The lowest BCUT2D eigenvalue weighted by Gasteiger charge is -2.40. The maximum absolute atomic E-state index is 4.70. The first-order valence-corrected chi connectivity index (χ1v) is 10.7. The van der Waals surface area contributed by atoms with Gasteiger partial charge in [0.2, 0.25) is 5.95 Å². The Morgan fingerprint density at radius 2 is 1.43 bits per heavy atom. The van der Waals surface area contributed by atoms with Crippen LogP contribution >= 0.6 is 0 Å². The van der Waals surface area contributed by atoms with Crippen LogP contribution in [0.5, 0.6) is 0 Å². The molecule has 0 bridgehead atoms. The van der Waals surface area contributed by atoms with E-state index in [1.54, 1.807) is 0 Å². The van der Waals surface area contributed by atoms with Crippen molar-refractivity contribution >= 4 is 16.7 Å². The molecule has 5 rings (SSSR count). The molecule has 0 aliphatic carbocycles. The monoisotopic (exact) mass is 372 g/mol. The molecule has 2 aliphatic heterocycles. The minimum atomic E-state index is 0.758. The Hall–Kier alpha value is -2.46. The van der Waals surface area contributed by atoms with Crippen molar-refractivity contribution < 1.29 is 0 Å². The van der Waals surface area contributed by atoms with Gasteiger partial charge in [0.15, 0.2) is 0 Å². The number of fused-ring (bicyclic) bond motifs is 1. The first-order chi connectivity index (χ1) is 13.9. The van der Waals surface area contributed by atoms with Gasteiger partial charge in [-0.3, -0.25) is 0 Å². The zero-order chi connectivity index (χ0) is 18.8. The first kappa shape index (κ1) is 17.6. The highest BCUT2D eigenvalue weighted by molar-refractivity contribution is 5.87. The molecule has 3 aromatic rings. The second-order valence-corrected chi connectivity index (χ2v) is 8.15. The highest BCUT2D eigenvalue weighted by Gasteiger charge is 2.26. The molecule has 0 amide bonds. The number of hydrogen-bond donors (Lipinski definition) is 0. The van der Waals surface area contributed by atoms with E-state index in [4.69, 9.17) is 9.97 Å². The van der Waals surface area contributed by atoms with E-state index in [1.807, 2.05) is 12.4 Å². The van der Waals surface area contributed by atoms with Crippen LogP contribution in [0.15, 0.2) is 54.9 Å². The van der Waals surface area contributed by atoms with E-state index in [1.165, 1.54) is 61.5 Å². The molecule has 2 aromatic carbocycles. The molecule has 3 heterocycles. The Labute approximate surface area is 167 Å². The van der Waals surface area contributed by atoms with E-state index < -0.39 is 0 Å². The van der Waals surface area contributed by atoms with Crippen molar-refractivity contribution in [2.45, 2.75) is 38.1 Å².